The molecule has 0 saturated carbocycles. The largest absolute Gasteiger partial charge is 0.378 e. The number of pyridine rings is 1. The van der Waals surface area contributed by atoms with Crippen LogP contribution in [-0.4, -0.2) is 15.3 Å². The molecule has 1 aromatic heterocycles. The first-order valence-corrected chi connectivity index (χ1v) is 8.39. The van der Waals surface area contributed by atoms with Gasteiger partial charge in [-0.05, 0) is 49.9 Å². The maximum Gasteiger partial charge on any atom is 0.264 e. The number of rotatable bonds is 2. The van der Waals surface area contributed by atoms with Crippen LogP contribution in [0.15, 0.2) is 59.4 Å². The van der Waals surface area contributed by atoms with Gasteiger partial charge in [0.25, 0.3) is 5.56 Å². The molecule has 1 heterocycles. The third-order valence-corrected chi connectivity index (χ3v) is 4.00. The van der Waals surface area contributed by atoms with Crippen molar-refractivity contribution >= 4 is 10.8 Å². The molecule has 0 unspecified atom stereocenters. The van der Waals surface area contributed by atoms with Crippen LogP contribution >= 0.6 is 0 Å². The zero-order valence-corrected chi connectivity index (χ0v) is 14.7. The SMILES string of the molecule is CCc1cc2cccc(C#CC(C)(C)O)c2c(=O)n1-c1ccccc1. The number of aliphatic hydroxyl groups is 1. The second kappa shape index (κ2) is 6.58. The van der Waals surface area contributed by atoms with Crippen LogP contribution in [0.5, 0.6) is 0 Å². The van der Waals surface area contributed by atoms with Crippen molar-refractivity contribution in [1.29, 1.82) is 0 Å². The Morgan fingerprint density at radius 3 is 2.44 bits per heavy atom. The van der Waals surface area contributed by atoms with Gasteiger partial charge in [-0.3, -0.25) is 9.36 Å². The molecule has 0 radical (unpaired) electrons. The Balaban J connectivity index is 2.37. The highest BCUT2D eigenvalue weighted by Crippen LogP contribution is 2.19. The second-order valence-corrected chi connectivity index (χ2v) is 6.54. The zero-order valence-electron chi connectivity index (χ0n) is 14.7. The lowest BCUT2D eigenvalue weighted by Gasteiger charge is -2.14. The fourth-order valence-corrected chi connectivity index (χ4v) is 2.86. The van der Waals surface area contributed by atoms with Gasteiger partial charge in [-0.25, -0.2) is 0 Å². The van der Waals surface area contributed by atoms with Gasteiger partial charge in [-0.1, -0.05) is 49.1 Å². The Morgan fingerprint density at radius 1 is 1.08 bits per heavy atom. The maximum absolute atomic E-state index is 13.3. The standard InChI is InChI=1S/C22H21NO2/c1-4-18-15-17-10-8-9-16(13-14-22(2,3)25)20(17)21(24)23(18)19-11-6-5-7-12-19/h5-12,15,25H,4H2,1-3H3. The van der Waals surface area contributed by atoms with Crippen molar-refractivity contribution in [2.75, 3.05) is 0 Å². The number of benzene rings is 2. The van der Waals surface area contributed by atoms with Gasteiger partial charge in [0.2, 0.25) is 0 Å². The summed E-state index contributed by atoms with van der Waals surface area (Å²) >= 11 is 0. The van der Waals surface area contributed by atoms with Gasteiger partial charge >= 0.3 is 0 Å². The highest BCUT2D eigenvalue weighted by molar-refractivity contribution is 5.88. The topological polar surface area (TPSA) is 42.2 Å². The van der Waals surface area contributed by atoms with Crippen LogP contribution in [0.3, 0.4) is 0 Å². The number of para-hydroxylation sites is 1. The van der Waals surface area contributed by atoms with E-state index in [1.165, 1.54) is 0 Å². The molecule has 0 spiro atoms. The first-order valence-electron chi connectivity index (χ1n) is 8.39. The average molecular weight is 331 g/mol. The summed E-state index contributed by atoms with van der Waals surface area (Å²) in [5, 5.41) is 11.3. The Labute approximate surface area is 147 Å². The van der Waals surface area contributed by atoms with Crippen LogP contribution in [-0.2, 0) is 6.42 Å². The number of nitrogens with zero attached hydrogens (tertiary/aromatic N) is 1. The second-order valence-electron chi connectivity index (χ2n) is 6.54. The van der Waals surface area contributed by atoms with E-state index >= 15 is 0 Å². The van der Waals surface area contributed by atoms with Crippen molar-refractivity contribution in [3.05, 3.63) is 76.2 Å². The van der Waals surface area contributed by atoms with E-state index < -0.39 is 5.60 Å². The predicted octanol–water partition coefficient (Wildman–Crippen LogP) is 3.68. The third-order valence-electron chi connectivity index (χ3n) is 4.00. The Kier molecular flexibility index (Phi) is 4.48. The molecule has 3 rings (SSSR count). The smallest absolute Gasteiger partial charge is 0.264 e. The molecule has 0 amide bonds. The Hall–Kier alpha value is -2.83. The van der Waals surface area contributed by atoms with E-state index in [4.69, 9.17) is 0 Å². The number of hydrogen-bond donors (Lipinski definition) is 1. The minimum Gasteiger partial charge on any atom is -0.378 e. The van der Waals surface area contributed by atoms with E-state index in [0.29, 0.717) is 10.9 Å². The summed E-state index contributed by atoms with van der Waals surface area (Å²) in [7, 11) is 0. The molecule has 1 N–H and O–H groups in total. The van der Waals surface area contributed by atoms with E-state index in [0.717, 1.165) is 23.2 Å². The molecule has 0 atom stereocenters. The quantitative estimate of drug-likeness (QED) is 0.728. The molecule has 126 valence electrons. The normalized spacial score (nSPS) is 11.2. The van der Waals surface area contributed by atoms with Gasteiger partial charge in [0.1, 0.15) is 5.60 Å². The third kappa shape index (κ3) is 3.50. The zero-order chi connectivity index (χ0) is 18.0. The molecule has 3 nitrogen and oxygen atoms in total. The van der Waals surface area contributed by atoms with Gasteiger partial charge in [0, 0.05) is 16.9 Å². The van der Waals surface area contributed by atoms with Crippen molar-refractivity contribution in [1.82, 2.24) is 4.57 Å². The van der Waals surface area contributed by atoms with Gasteiger partial charge in [-0.2, -0.15) is 0 Å². The first kappa shape index (κ1) is 17.0. The number of hydrogen-bond acceptors (Lipinski definition) is 2. The predicted molar refractivity (Wildman–Crippen MR) is 102 cm³/mol. The van der Waals surface area contributed by atoms with Crippen LogP contribution < -0.4 is 5.56 Å². The van der Waals surface area contributed by atoms with Gasteiger partial charge in [-0.15, -0.1) is 0 Å². The maximum atomic E-state index is 13.3. The van der Waals surface area contributed by atoms with E-state index in [9.17, 15) is 9.90 Å². The number of fused-ring (bicyclic) bond motifs is 1. The minimum absolute atomic E-state index is 0.0822. The fraction of sp³-hybridized carbons (Fsp3) is 0.227. The first-order chi connectivity index (χ1) is 11.9. The van der Waals surface area contributed by atoms with Crippen LogP contribution in [0.1, 0.15) is 32.0 Å². The van der Waals surface area contributed by atoms with Gasteiger partial charge < -0.3 is 5.11 Å². The molecular weight excluding hydrogens is 310 g/mol. The molecular formula is C22H21NO2. The van der Waals surface area contributed by atoms with E-state index in [1.807, 2.05) is 61.5 Å². The van der Waals surface area contributed by atoms with E-state index in [-0.39, 0.29) is 5.56 Å². The van der Waals surface area contributed by atoms with Gasteiger partial charge in [0.05, 0.1) is 5.39 Å². The Bertz CT molecular complexity index is 1030. The lowest BCUT2D eigenvalue weighted by atomic mass is 10.0. The molecule has 0 aliphatic rings. The summed E-state index contributed by atoms with van der Waals surface area (Å²) in [6.45, 7) is 5.29. The van der Waals surface area contributed by atoms with Crippen LogP contribution in [0.25, 0.3) is 16.5 Å². The highest BCUT2D eigenvalue weighted by Gasteiger charge is 2.13. The molecule has 0 bridgehead atoms. The minimum atomic E-state index is -1.11. The summed E-state index contributed by atoms with van der Waals surface area (Å²) in [4.78, 5) is 13.3. The number of aryl methyl sites for hydroxylation is 1. The summed E-state index contributed by atoms with van der Waals surface area (Å²) in [5.74, 6) is 5.77. The summed E-state index contributed by atoms with van der Waals surface area (Å²) in [6.07, 6.45) is 0.750. The van der Waals surface area contributed by atoms with Crippen molar-refractivity contribution in [3.8, 4) is 17.5 Å². The Morgan fingerprint density at radius 2 is 1.80 bits per heavy atom. The number of aromatic nitrogens is 1. The molecule has 3 heteroatoms. The fourth-order valence-electron chi connectivity index (χ4n) is 2.86. The van der Waals surface area contributed by atoms with Crippen LogP contribution in [0.2, 0.25) is 0 Å². The molecule has 0 saturated heterocycles. The summed E-state index contributed by atoms with van der Waals surface area (Å²) < 4.78 is 1.75. The van der Waals surface area contributed by atoms with E-state index in [2.05, 4.69) is 11.8 Å². The van der Waals surface area contributed by atoms with Crippen LogP contribution in [0.4, 0.5) is 0 Å². The van der Waals surface area contributed by atoms with Crippen molar-refractivity contribution in [3.63, 3.8) is 0 Å². The molecule has 3 aromatic rings. The van der Waals surface area contributed by atoms with Gasteiger partial charge in [0.15, 0.2) is 0 Å². The van der Waals surface area contributed by atoms with Crippen LogP contribution in [0, 0.1) is 11.8 Å². The molecule has 0 aliphatic heterocycles. The lowest BCUT2D eigenvalue weighted by molar-refractivity contribution is 0.143. The molecule has 25 heavy (non-hydrogen) atoms. The highest BCUT2D eigenvalue weighted by atomic mass is 16.3. The van der Waals surface area contributed by atoms with Crippen molar-refractivity contribution < 1.29 is 5.11 Å². The van der Waals surface area contributed by atoms with E-state index in [1.54, 1.807) is 18.4 Å². The monoisotopic (exact) mass is 331 g/mol. The molecule has 0 fully saturated rings. The average Bonchev–Trinajstić information content (AvgIpc) is 2.59. The molecule has 0 aliphatic carbocycles. The summed E-state index contributed by atoms with van der Waals surface area (Å²) in [6, 6.07) is 17.3. The van der Waals surface area contributed by atoms with Crippen molar-refractivity contribution in [2.24, 2.45) is 0 Å². The lowest BCUT2D eigenvalue weighted by Crippen LogP contribution is -2.22. The summed E-state index contributed by atoms with van der Waals surface area (Å²) in [5.41, 5.74) is 1.25. The molecule has 2 aromatic carbocycles. The van der Waals surface area contributed by atoms with Crippen molar-refractivity contribution in [2.45, 2.75) is 32.8 Å².